The molecule has 0 aromatic heterocycles. The van der Waals surface area contributed by atoms with E-state index in [-0.39, 0.29) is 11.8 Å². The van der Waals surface area contributed by atoms with Crippen LogP contribution in [-0.4, -0.2) is 34.9 Å². The Bertz CT molecular complexity index is 234. The van der Waals surface area contributed by atoms with Crippen LogP contribution in [0, 0.1) is 11.3 Å². The molecule has 0 aliphatic heterocycles. The van der Waals surface area contributed by atoms with Crippen molar-refractivity contribution >= 4 is 5.91 Å². The molecule has 0 bridgehead atoms. The molecule has 0 saturated heterocycles. The molecule has 3 N–H and O–H groups in total. The minimum Gasteiger partial charge on any atom is -0.390 e. The van der Waals surface area contributed by atoms with Gasteiger partial charge in [0, 0.05) is 17.9 Å². The summed E-state index contributed by atoms with van der Waals surface area (Å²) in [5.41, 5.74) is -0.401. The molecule has 15 heavy (non-hydrogen) atoms. The fourth-order valence-corrected chi connectivity index (χ4v) is 1.75. The highest BCUT2D eigenvalue weighted by Gasteiger charge is 2.34. The van der Waals surface area contributed by atoms with Crippen LogP contribution in [-0.2, 0) is 4.79 Å². The van der Waals surface area contributed by atoms with Gasteiger partial charge in [-0.15, -0.1) is 0 Å². The van der Waals surface area contributed by atoms with E-state index in [0.29, 0.717) is 13.0 Å². The third-order valence-corrected chi connectivity index (χ3v) is 2.92. The van der Waals surface area contributed by atoms with E-state index >= 15 is 0 Å². The largest absolute Gasteiger partial charge is 0.390 e. The number of aliphatic hydroxyl groups excluding tert-OH is 2. The first kappa shape index (κ1) is 12.5. The zero-order chi connectivity index (χ0) is 11.6. The molecule has 0 aromatic rings. The van der Waals surface area contributed by atoms with Gasteiger partial charge in [0.05, 0.1) is 12.2 Å². The molecular formula is C11H21NO3. The highest BCUT2D eigenvalue weighted by Crippen LogP contribution is 2.25. The molecule has 4 nitrogen and oxygen atoms in total. The third-order valence-electron chi connectivity index (χ3n) is 2.92. The van der Waals surface area contributed by atoms with Gasteiger partial charge < -0.3 is 15.5 Å². The molecule has 1 rings (SSSR count). The van der Waals surface area contributed by atoms with E-state index in [9.17, 15) is 15.0 Å². The van der Waals surface area contributed by atoms with E-state index in [4.69, 9.17) is 0 Å². The summed E-state index contributed by atoms with van der Waals surface area (Å²) in [4.78, 5) is 11.6. The quantitative estimate of drug-likeness (QED) is 0.619. The summed E-state index contributed by atoms with van der Waals surface area (Å²) >= 11 is 0. The first-order chi connectivity index (χ1) is 6.82. The van der Waals surface area contributed by atoms with Crippen molar-refractivity contribution in [3.63, 3.8) is 0 Å². The van der Waals surface area contributed by atoms with Gasteiger partial charge in [-0.1, -0.05) is 20.8 Å². The lowest BCUT2D eigenvalue weighted by atomic mass is 9.95. The molecule has 1 fully saturated rings. The van der Waals surface area contributed by atoms with Crippen molar-refractivity contribution in [2.24, 2.45) is 11.3 Å². The van der Waals surface area contributed by atoms with Crippen molar-refractivity contribution in [1.82, 2.24) is 5.32 Å². The summed E-state index contributed by atoms with van der Waals surface area (Å²) in [7, 11) is 0. The van der Waals surface area contributed by atoms with E-state index in [0.717, 1.165) is 6.42 Å². The van der Waals surface area contributed by atoms with E-state index < -0.39 is 17.6 Å². The van der Waals surface area contributed by atoms with Crippen molar-refractivity contribution in [3.8, 4) is 0 Å². The Morgan fingerprint density at radius 1 is 1.33 bits per heavy atom. The van der Waals surface area contributed by atoms with E-state index in [1.807, 2.05) is 20.8 Å². The molecule has 1 saturated carbocycles. The average Bonchev–Trinajstić information content (AvgIpc) is 2.43. The molecule has 88 valence electrons. The van der Waals surface area contributed by atoms with Crippen LogP contribution in [0.1, 0.15) is 33.6 Å². The third kappa shape index (κ3) is 3.18. The molecule has 4 heteroatoms. The van der Waals surface area contributed by atoms with E-state index in [1.54, 1.807) is 0 Å². The summed E-state index contributed by atoms with van der Waals surface area (Å²) < 4.78 is 0. The first-order valence-electron chi connectivity index (χ1n) is 5.47. The zero-order valence-electron chi connectivity index (χ0n) is 9.66. The molecule has 3 atom stereocenters. The minimum atomic E-state index is -0.690. The lowest BCUT2D eigenvalue weighted by Gasteiger charge is -2.21. The van der Waals surface area contributed by atoms with E-state index in [2.05, 4.69) is 5.32 Å². The van der Waals surface area contributed by atoms with Crippen LogP contribution < -0.4 is 5.32 Å². The molecular weight excluding hydrogens is 194 g/mol. The Kier molecular flexibility index (Phi) is 3.73. The lowest BCUT2D eigenvalue weighted by molar-refractivity contribution is -0.128. The van der Waals surface area contributed by atoms with Crippen molar-refractivity contribution < 1.29 is 15.0 Å². The summed E-state index contributed by atoms with van der Waals surface area (Å²) in [5, 5.41) is 21.7. The molecule has 0 radical (unpaired) electrons. The maximum Gasteiger partial charge on any atom is 0.225 e. The zero-order valence-corrected chi connectivity index (χ0v) is 9.66. The van der Waals surface area contributed by atoms with Crippen LogP contribution in [0.5, 0.6) is 0 Å². The maximum atomic E-state index is 11.6. The Morgan fingerprint density at radius 3 is 2.33 bits per heavy atom. The van der Waals surface area contributed by atoms with Crippen LogP contribution in [0.2, 0.25) is 0 Å². The van der Waals surface area contributed by atoms with Crippen molar-refractivity contribution in [2.45, 2.75) is 45.8 Å². The van der Waals surface area contributed by atoms with Gasteiger partial charge in [0.25, 0.3) is 0 Å². The van der Waals surface area contributed by atoms with Crippen molar-refractivity contribution in [1.29, 1.82) is 0 Å². The molecule has 1 aliphatic rings. The van der Waals surface area contributed by atoms with Gasteiger partial charge in [0.2, 0.25) is 5.91 Å². The SMILES string of the molecule is CC(C)(C)C(=O)NC[C@H]1CC[C@H](O)[C@H]1O. The number of amides is 1. The summed E-state index contributed by atoms with van der Waals surface area (Å²) in [6.07, 6.45) is 0.0797. The second-order valence-electron chi connectivity index (χ2n) is 5.36. The summed E-state index contributed by atoms with van der Waals surface area (Å²) in [6.45, 7) is 6.00. The molecule has 0 heterocycles. The molecule has 0 spiro atoms. The lowest BCUT2D eigenvalue weighted by Crippen LogP contribution is -2.40. The van der Waals surface area contributed by atoms with Gasteiger partial charge in [-0.2, -0.15) is 0 Å². The smallest absolute Gasteiger partial charge is 0.225 e. The van der Waals surface area contributed by atoms with Gasteiger partial charge in [-0.3, -0.25) is 4.79 Å². The predicted molar refractivity (Wildman–Crippen MR) is 57.2 cm³/mol. The number of aliphatic hydroxyl groups is 2. The number of carbonyl (C=O) groups is 1. The van der Waals surface area contributed by atoms with Crippen molar-refractivity contribution in [2.75, 3.05) is 6.54 Å². The molecule has 1 amide bonds. The topological polar surface area (TPSA) is 69.6 Å². The minimum absolute atomic E-state index is 0.00806. The highest BCUT2D eigenvalue weighted by molar-refractivity contribution is 5.81. The maximum absolute atomic E-state index is 11.6. The first-order valence-corrected chi connectivity index (χ1v) is 5.47. The van der Waals surface area contributed by atoms with Gasteiger partial charge in [0.1, 0.15) is 0 Å². The van der Waals surface area contributed by atoms with Crippen LogP contribution >= 0.6 is 0 Å². The Hall–Kier alpha value is -0.610. The Morgan fingerprint density at radius 2 is 1.93 bits per heavy atom. The second kappa shape index (κ2) is 4.49. The predicted octanol–water partition coefficient (Wildman–Crippen LogP) is 0.280. The monoisotopic (exact) mass is 215 g/mol. The number of hydrogen-bond donors (Lipinski definition) is 3. The highest BCUT2D eigenvalue weighted by atomic mass is 16.3. The van der Waals surface area contributed by atoms with Crippen LogP contribution in [0.15, 0.2) is 0 Å². The Balaban J connectivity index is 2.35. The standard InChI is InChI=1S/C11H21NO3/c1-11(2,3)10(15)12-6-7-4-5-8(13)9(7)14/h7-9,13-14H,4-6H2,1-3H3,(H,12,15)/t7-,8+,9+/m1/s1. The van der Waals surface area contributed by atoms with Gasteiger partial charge >= 0.3 is 0 Å². The van der Waals surface area contributed by atoms with Crippen LogP contribution in [0.4, 0.5) is 0 Å². The summed E-state index contributed by atoms with van der Waals surface area (Å²) in [5.74, 6) is -0.0256. The van der Waals surface area contributed by atoms with E-state index in [1.165, 1.54) is 0 Å². The molecule has 0 unspecified atom stereocenters. The fraction of sp³-hybridized carbons (Fsp3) is 0.909. The van der Waals surface area contributed by atoms with Crippen LogP contribution in [0.25, 0.3) is 0 Å². The number of nitrogens with one attached hydrogen (secondary N) is 1. The fourth-order valence-electron chi connectivity index (χ4n) is 1.75. The van der Waals surface area contributed by atoms with Crippen LogP contribution in [0.3, 0.4) is 0 Å². The average molecular weight is 215 g/mol. The summed E-state index contributed by atoms with van der Waals surface area (Å²) in [6, 6.07) is 0. The van der Waals surface area contributed by atoms with Gasteiger partial charge in [-0.05, 0) is 12.8 Å². The molecule has 1 aliphatic carbocycles. The van der Waals surface area contributed by atoms with Gasteiger partial charge in [-0.25, -0.2) is 0 Å². The van der Waals surface area contributed by atoms with Crippen molar-refractivity contribution in [3.05, 3.63) is 0 Å². The number of hydrogen-bond acceptors (Lipinski definition) is 3. The normalized spacial score (nSPS) is 31.7. The Labute approximate surface area is 90.7 Å². The number of rotatable bonds is 2. The van der Waals surface area contributed by atoms with Gasteiger partial charge in [0.15, 0.2) is 0 Å². The number of carbonyl (C=O) groups excluding carboxylic acids is 1. The second-order valence-corrected chi connectivity index (χ2v) is 5.36. The molecule has 0 aromatic carbocycles.